The van der Waals surface area contributed by atoms with Gasteiger partial charge in [-0.2, -0.15) is 0 Å². The lowest BCUT2D eigenvalue weighted by atomic mass is 10.2. The number of amides is 1. The first-order chi connectivity index (χ1) is 14.8. The maximum Gasteiger partial charge on any atom is 0.264 e. The van der Waals surface area contributed by atoms with Crippen LogP contribution in [0.2, 0.25) is 10.0 Å². The van der Waals surface area contributed by atoms with Gasteiger partial charge < -0.3 is 10.1 Å². The molecule has 1 N–H and O–H groups in total. The quantitative estimate of drug-likeness (QED) is 0.556. The number of halogens is 2. The summed E-state index contributed by atoms with van der Waals surface area (Å²) in [6.07, 6.45) is 0.684. The number of nitrogens with zero attached hydrogens (tertiary/aromatic N) is 1. The fourth-order valence-electron chi connectivity index (χ4n) is 3.36. The number of hydrogen-bond acceptors (Lipinski definition) is 4. The number of carbonyl (C=O) groups excluding carboxylic acids is 1. The molecule has 9 heteroatoms. The zero-order chi connectivity index (χ0) is 22.0. The van der Waals surface area contributed by atoms with E-state index in [2.05, 4.69) is 5.32 Å². The summed E-state index contributed by atoms with van der Waals surface area (Å²) in [5.41, 5.74) is 2.18. The molecule has 0 aromatic heterocycles. The van der Waals surface area contributed by atoms with Crippen LogP contribution in [0.3, 0.4) is 0 Å². The largest absolute Gasteiger partial charge is 0.484 e. The molecular weight excluding hydrogens is 459 g/mol. The van der Waals surface area contributed by atoms with Crippen LogP contribution >= 0.6 is 23.2 Å². The molecule has 1 aliphatic rings. The van der Waals surface area contributed by atoms with Gasteiger partial charge in [-0.15, -0.1) is 0 Å². The first-order valence-electron chi connectivity index (χ1n) is 9.42. The highest BCUT2D eigenvalue weighted by Gasteiger charge is 2.30. The maximum atomic E-state index is 13.0. The molecule has 0 bridgehead atoms. The van der Waals surface area contributed by atoms with Crippen molar-refractivity contribution in [2.24, 2.45) is 0 Å². The molecule has 1 aliphatic heterocycles. The number of sulfonamides is 1. The van der Waals surface area contributed by atoms with Crippen LogP contribution < -0.4 is 14.4 Å². The van der Waals surface area contributed by atoms with E-state index in [1.807, 2.05) is 24.3 Å². The Balaban J connectivity index is 1.40. The average molecular weight is 477 g/mol. The third-order valence-electron chi connectivity index (χ3n) is 4.77. The normalized spacial score (nSPS) is 13.0. The maximum absolute atomic E-state index is 13.0. The van der Waals surface area contributed by atoms with E-state index in [4.69, 9.17) is 27.9 Å². The van der Waals surface area contributed by atoms with Crippen LogP contribution in [0.15, 0.2) is 71.6 Å². The van der Waals surface area contributed by atoms with E-state index in [0.717, 1.165) is 5.56 Å². The van der Waals surface area contributed by atoms with E-state index in [1.165, 1.54) is 28.6 Å². The zero-order valence-corrected chi connectivity index (χ0v) is 18.5. The predicted octanol–water partition coefficient (Wildman–Crippen LogP) is 4.76. The first kappa shape index (κ1) is 21.5. The Kier molecular flexibility index (Phi) is 6.09. The van der Waals surface area contributed by atoms with Gasteiger partial charge in [0.25, 0.3) is 15.9 Å². The second kappa shape index (κ2) is 8.78. The standard InChI is InChI=1S/C22H18Cl2N2O4S/c23-16-11-17(24)13-18(12-16)25-22(27)14-30-19-5-7-20(8-6-19)31(28,29)26-10-9-15-3-1-2-4-21(15)26/h1-8,11-13H,9-10,14H2,(H,25,27). The molecule has 31 heavy (non-hydrogen) atoms. The number of benzene rings is 3. The molecule has 0 aliphatic carbocycles. The predicted molar refractivity (Wildman–Crippen MR) is 122 cm³/mol. The minimum absolute atomic E-state index is 0.162. The van der Waals surface area contributed by atoms with Crippen LogP contribution in [-0.4, -0.2) is 27.5 Å². The van der Waals surface area contributed by atoms with Gasteiger partial charge in [0.1, 0.15) is 5.75 Å². The van der Waals surface area contributed by atoms with Gasteiger partial charge in [-0.3, -0.25) is 9.10 Å². The van der Waals surface area contributed by atoms with E-state index >= 15 is 0 Å². The van der Waals surface area contributed by atoms with Crippen molar-refractivity contribution >= 4 is 50.5 Å². The summed E-state index contributed by atoms with van der Waals surface area (Å²) in [6, 6.07) is 18.2. The number of ether oxygens (including phenoxy) is 1. The minimum Gasteiger partial charge on any atom is -0.484 e. The van der Waals surface area contributed by atoms with Crippen molar-refractivity contribution < 1.29 is 17.9 Å². The number of rotatable bonds is 6. The zero-order valence-electron chi connectivity index (χ0n) is 16.2. The van der Waals surface area contributed by atoms with E-state index in [1.54, 1.807) is 18.2 Å². The highest BCUT2D eigenvalue weighted by atomic mass is 35.5. The third-order valence-corrected chi connectivity index (χ3v) is 7.04. The summed E-state index contributed by atoms with van der Waals surface area (Å²) >= 11 is 11.8. The van der Waals surface area contributed by atoms with Crippen molar-refractivity contribution in [2.75, 3.05) is 22.8 Å². The summed E-state index contributed by atoms with van der Waals surface area (Å²) < 4.78 is 32.9. The van der Waals surface area contributed by atoms with Crippen LogP contribution in [0.25, 0.3) is 0 Å². The van der Waals surface area contributed by atoms with E-state index < -0.39 is 15.9 Å². The van der Waals surface area contributed by atoms with Crippen molar-refractivity contribution in [1.29, 1.82) is 0 Å². The van der Waals surface area contributed by atoms with Gasteiger partial charge in [-0.25, -0.2) is 8.42 Å². The molecule has 0 unspecified atom stereocenters. The van der Waals surface area contributed by atoms with Crippen LogP contribution in [0.1, 0.15) is 5.56 Å². The van der Waals surface area contributed by atoms with Gasteiger partial charge in [0, 0.05) is 22.3 Å². The van der Waals surface area contributed by atoms with E-state index in [0.29, 0.717) is 40.1 Å². The molecule has 1 amide bonds. The number of para-hydroxylation sites is 1. The Morgan fingerprint density at radius 2 is 1.68 bits per heavy atom. The van der Waals surface area contributed by atoms with Crippen molar-refractivity contribution in [3.8, 4) is 5.75 Å². The Labute approximate surface area is 190 Å². The lowest BCUT2D eigenvalue weighted by Gasteiger charge is -2.19. The van der Waals surface area contributed by atoms with Crippen LogP contribution in [0, 0.1) is 0 Å². The van der Waals surface area contributed by atoms with Crippen LogP contribution in [-0.2, 0) is 21.2 Å². The highest BCUT2D eigenvalue weighted by Crippen LogP contribution is 2.33. The third kappa shape index (κ3) is 4.79. The molecule has 160 valence electrons. The molecule has 0 saturated carbocycles. The van der Waals surface area contributed by atoms with Crippen molar-refractivity contribution in [1.82, 2.24) is 0 Å². The summed E-state index contributed by atoms with van der Waals surface area (Å²) in [7, 11) is -3.68. The molecule has 0 radical (unpaired) electrons. The van der Waals surface area contributed by atoms with Gasteiger partial charge >= 0.3 is 0 Å². The Morgan fingerprint density at radius 3 is 2.39 bits per heavy atom. The van der Waals surface area contributed by atoms with E-state index in [-0.39, 0.29) is 11.5 Å². The molecule has 3 aromatic carbocycles. The van der Waals surface area contributed by atoms with Gasteiger partial charge in [0.05, 0.1) is 10.6 Å². The van der Waals surface area contributed by atoms with Gasteiger partial charge in [0.15, 0.2) is 6.61 Å². The molecule has 0 saturated heterocycles. The lowest BCUT2D eigenvalue weighted by molar-refractivity contribution is -0.118. The number of anilines is 2. The summed E-state index contributed by atoms with van der Waals surface area (Å²) in [6.45, 7) is 0.156. The molecule has 0 spiro atoms. The van der Waals surface area contributed by atoms with Crippen molar-refractivity contribution in [3.05, 3.63) is 82.3 Å². The highest BCUT2D eigenvalue weighted by molar-refractivity contribution is 7.92. The van der Waals surface area contributed by atoms with Crippen LogP contribution in [0.5, 0.6) is 5.75 Å². The van der Waals surface area contributed by atoms with Crippen LogP contribution in [0.4, 0.5) is 11.4 Å². The average Bonchev–Trinajstić information content (AvgIpc) is 3.17. The Bertz CT molecular complexity index is 1210. The Hall–Kier alpha value is -2.74. The second-order valence-corrected chi connectivity index (χ2v) is 9.66. The summed E-state index contributed by atoms with van der Waals surface area (Å²) in [5.74, 6) is -0.0243. The molecule has 6 nitrogen and oxygen atoms in total. The molecular formula is C22H18Cl2N2O4S. The van der Waals surface area contributed by atoms with Gasteiger partial charge in [0.2, 0.25) is 0 Å². The molecule has 1 heterocycles. The molecule has 0 atom stereocenters. The van der Waals surface area contributed by atoms with Gasteiger partial charge in [-0.1, -0.05) is 41.4 Å². The fourth-order valence-corrected chi connectivity index (χ4v) is 5.39. The van der Waals surface area contributed by atoms with Crippen molar-refractivity contribution in [3.63, 3.8) is 0 Å². The minimum atomic E-state index is -3.68. The number of hydrogen-bond donors (Lipinski definition) is 1. The summed E-state index contributed by atoms with van der Waals surface area (Å²) in [4.78, 5) is 12.3. The first-order valence-corrected chi connectivity index (χ1v) is 11.6. The smallest absolute Gasteiger partial charge is 0.264 e. The van der Waals surface area contributed by atoms with Crippen molar-refractivity contribution in [2.45, 2.75) is 11.3 Å². The molecule has 4 rings (SSSR count). The SMILES string of the molecule is O=C(COc1ccc(S(=O)(=O)N2CCc3ccccc32)cc1)Nc1cc(Cl)cc(Cl)c1. The topological polar surface area (TPSA) is 75.7 Å². The number of fused-ring (bicyclic) bond motifs is 1. The van der Waals surface area contributed by atoms with E-state index in [9.17, 15) is 13.2 Å². The second-order valence-electron chi connectivity index (χ2n) is 6.92. The molecule has 0 fully saturated rings. The Morgan fingerprint density at radius 1 is 1.00 bits per heavy atom. The van der Waals surface area contributed by atoms with Gasteiger partial charge in [-0.05, 0) is 60.5 Å². The molecule has 3 aromatic rings. The number of nitrogens with one attached hydrogen (secondary N) is 1. The number of carbonyl (C=O) groups is 1. The monoisotopic (exact) mass is 476 g/mol. The fraction of sp³-hybridized carbons (Fsp3) is 0.136. The summed E-state index contributed by atoms with van der Waals surface area (Å²) in [5, 5.41) is 3.45. The lowest BCUT2D eigenvalue weighted by Crippen LogP contribution is -2.29.